The molecule has 5 nitrogen and oxygen atoms in total. The molecule has 2 aromatic carbocycles. The first-order valence-corrected chi connectivity index (χ1v) is 8.38. The lowest BCUT2D eigenvalue weighted by atomic mass is 10.2. The van der Waals surface area contributed by atoms with Gasteiger partial charge >= 0.3 is 0 Å². The van der Waals surface area contributed by atoms with Crippen molar-refractivity contribution in [2.75, 3.05) is 13.2 Å². The van der Waals surface area contributed by atoms with E-state index in [9.17, 15) is 0 Å². The fraction of sp³-hybridized carbons (Fsp3) is 0.316. The molecule has 3 aromatic rings. The molecular weight excluding hydrogens is 302 g/mol. The Morgan fingerprint density at radius 3 is 2.79 bits per heavy atom. The van der Waals surface area contributed by atoms with Crippen LogP contribution in [0.15, 0.2) is 48.5 Å². The summed E-state index contributed by atoms with van der Waals surface area (Å²) < 4.78 is 14.0. The summed E-state index contributed by atoms with van der Waals surface area (Å²) in [5.74, 6) is 2.69. The molecule has 0 spiro atoms. The SMILES string of the molecule is CCn1c(CNCC2COc3ccccc3O2)nc2ccccc21. The lowest BCUT2D eigenvalue weighted by Crippen LogP contribution is -2.38. The normalized spacial score (nSPS) is 16.5. The highest BCUT2D eigenvalue weighted by atomic mass is 16.6. The summed E-state index contributed by atoms with van der Waals surface area (Å²) in [4.78, 5) is 4.73. The third-order valence-corrected chi connectivity index (χ3v) is 4.27. The fourth-order valence-electron chi connectivity index (χ4n) is 3.12. The predicted octanol–water partition coefficient (Wildman–Crippen LogP) is 2.99. The molecule has 1 aromatic heterocycles. The standard InChI is InChI=1S/C19H21N3O2/c1-2-22-16-8-4-3-7-15(16)21-19(22)12-20-11-14-13-23-17-9-5-6-10-18(17)24-14/h3-10,14,20H,2,11-13H2,1H3. The van der Waals surface area contributed by atoms with Crippen molar-refractivity contribution in [2.45, 2.75) is 26.1 Å². The number of para-hydroxylation sites is 4. The molecule has 5 heteroatoms. The number of aromatic nitrogens is 2. The Hall–Kier alpha value is -2.53. The van der Waals surface area contributed by atoms with Crippen LogP contribution in [0.2, 0.25) is 0 Å². The molecule has 2 heterocycles. The Morgan fingerprint density at radius 1 is 1.12 bits per heavy atom. The summed E-state index contributed by atoms with van der Waals surface area (Å²) in [6, 6.07) is 16.0. The molecule has 0 fully saturated rings. The van der Waals surface area contributed by atoms with Crippen LogP contribution in [0.4, 0.5) is 0 Å². The van der Waals surface area contributed by atoms with Crippen LogP contribution in [0, 0.1) is 0 Å². The van der Waals surface area contributed by atoms with Gasteiger partial charge in [-0.3, -0.25) is 0 Å². The first-order chi connectivity index (χ1) is 11.8. The maximum Gasteiger partial charge on any atom is 0.161 e. The van der Waals surface area contributed by atoms with E-state index in [1.807, 2.05) is 30.3 Å². The van der Waals surface area contributed by atoms with Crippen LogP contribution in [0.25, 0.3) is 11.0 Å². The van der Waals surface area contributed by atoms with Crippen molar-refractivity contribution in [3.63, 3.8) is 0 Å². The van der Waals surface area contributed by atoms with Crippen LogP contribution < -0.4 is 14.8 Å². The fourth-order valence-corrected chi connectivity index (χ4v) is 3.12. The third kappa shape index (κ3) is 2.83. The number of hydrogen-bond donors (Lipinski definition) is 1. The van der Waals surface area contributed by atoms with Gasteiger partial charge in [0, 0.05) is 13.1 Å². The molecule has 1 atom stereocenters. The van der Waals surface area contributed by atoms with Crippen molar-refractivity contribution in [3.05, 3.63) is 54.4 Å². The molecule has 0 amide bonds. The first-order valence-electron chi connectivity index (χ1n) is 8.38. The summed E-state index contributed by atoms with van der Waals surface area (Å²) in [6.45, 7) is 5.06. The highest BCUT2D eigenvalue weighted by Gasteiger charge is 2.20. The Balaban J connectivity index is 1.40. The zero-order chi connectivity index (χ0) is 16.4. The minimum Gasteiger partial charge on any atom is -0.486 e. The molecule has 0 aliphatic carbocycles. The number of rotatable bonds is 5. The lowest BCUT2D eigenvalue weighted by Gasteiger charge is -2.26. The second kappa shape index (κ2) is 6.53. The van der Waals surface area contributed by atoms with Gasteiger partial charge in [0.1, 0.15) is 18.5 Å². The van der Waals surface area contributed by atoms with Crippen LogP contribution in [-0.2, 0) is 13.1 Å². The molecular formula is C19H21N3O2. The Bertz CT molecular complexity index is 843. The number of benzene rings is 2. The van der Waals surface area contributed by atoms with E-state index in [1.54, 1.807) is 0 Å². The molecule has 1 aliphatic heterocycles. The largest absolute Gasteiger partial charge is 0.486 e. The van der Waals surface area contributed by atoms with Gasteiger partial charge in [0.15, 0.2) is 11.5 Å². The van der Waals surface area contributed by atoms with E-state index >= 15 is 0 Å². The van der Waals surface area contributed by atoms with Crippen LogP contribution >= 0.6 is 0 Å². The number of imidazole rings is 1. The zero-order valence-electron chi connectivity index (χ0n) is 13.7. The number of fused-ring (bicyclic) bond motifs is 2. The molecule has 0 saturated heterocycles. The van der Waals surface area contributed by atoms with Crippen LogP contribution in [0.1, 0.15) is 12.7 Å². The van der Waals surface area contributed by atoms with E-state index in [0.29, 0.717) is 13.2 Å². The van der Waals surface area contributed by atoms with Crippen molar-refractivity contribution in [1.29, 1.82) is 0 Å². The van der Waals surface area contributed by atoms with Gasteiger partial charge < -0.3 is 19.4 Å². The van der Waals surface area contributed by atoms with Crippen molar-refractivity contribution in [3.8, 4) is 11.5 Å². The summed E-state index contributed by atoms with van der Waals surface area (Å²) in [5.41, 5.74) is 2.23. The number of nitrogens with one attached hydrogen (secondary N) is 1. The van der Waals surface area contributed by atoms with Gasteiger partial charge in [0.2, 0.25) is 0 Å². The molecule has 0 radical (unpaired) electrons. The van der Waals surface area contributed by atoms with E-state index < -0.39 is 0 Å². The average molecular weight is 323 g/mol. The van der Waals surface area contributed by atoms with Gasteiger partial charge in [-0.2, -0.15) is 0 Å². The van der Waals surface area contributed by atoms with E-state index in [-0.39, 0.29) is 6.10 Å². The summed E-state index contributed by atoms with van der Waals surface area (Å²) in [7, 11) is 0. The third-order valence-electron chi connectivity index (χ3n) is 4.27. The van der Waals surface area contributed by atoms with Crippen molar-refractivity contribution in [1.82, 2.24) is 14.9 Å². The molecule has 4 rings (SSSR count). The minimum absolute atomic E-state index is 0.0133. The predicted molar refractivity (Wildman–Crippen MR) is 93.5 cm³/mol. The Kier molecular flexibility index (Phi) is 4.09. The molecule has 0 bridgehead atoms. The van der Waals surface area contributed by atoms with E-state index in [2.05, 4.69) is 35.0 Å². The monoisotopic (exact) mass is 323 g/mol. The molecule has 24 heavy (non-hydrogen) atoms. The highest BCUT2D eigenvalue weighted by Crippen LogP contribution is 2.30. The van der Waals surface area contributed by atoms with Crippen molar-refractivity contribution in [2.24, 2.45) is 0 Å². The Morgan fingerprint density at radius 2 is 1.92 bits per heavy atom. The molecule has 1 unspecified atom stereocenters. The second-order valence-electron chi connectivity index (χ2n) is 5.89. The van der Waals surface area contributed by atoms with Gasteiger partial charge in [0.05, 0.1) is 17.6 Å². The molecule has 1 N–H and O–H groups in total. The van der Waals surface area contributed by atoms with Gasteiger partial charge in [-0.15, -0.1) is 0 Å². The van der Waals surface area contributed by atoms with Crippen LogP contribution in [0.5, 0.6) is 11.5 Å². The minimum atomic E-state index is 0.0133. The van der Waals surface area contributed by atoms with Gasteiger partial charge in [-0.25, -0.2) is 4.98 Å². The average Bonchev–Trinajstić information content (AvgIpc) is 2.99. The van der Waals surface area contributed by atoms with E-state index in [0.717, 1.165) is 35.9 Å². The van der Waals surface area contributed by atoms with Crippen LogP contribution in [0.3, 0.4) is 0 Å². The topological polar surface area (TPSA) is 48.3 Å². The smallest absolute Gasteiger partial charge is 0.161 e. The lowest BCUT2D eigenvalue weighted by molar-refractivity contribution is 0.0900. The summed E-state index contributed by atoms with van der Waals surface area (Å²) in [5, 5.41) is 3.45. The van der Waals surface area contributed by atoms with Gasteiger partial charge in [-0.05, 0) is 31.2 Å². The molecule has 0 saturated carbocycles. The molecule has 1 aliphatic rings. The van der Waals surface area contributed by atoms with E-state index in [1.165, 1.54) is 5.52 Å². The number of aryl methyl sites for hydroxylation is 1. The summed E-state index contributed by atoms with van der Waals surface area (Å²) in [6.07, 6.45) is 0.0133. The van der Waals surface area contributed by atoms with Crippen LogP contribution in [-0.4, -0.2) is 28.8 Å². The van der Waals surface area contributed by atoms with Crippen molar-refractivity contribution < 1.29 is 9.47 Å². The zero-order valence-corrected chi connectivity index (χ0v) is 13.7. The second-order valence-corrected chi connectivity index (χ2v) is 5.89. The van der Waals surface area contributed by atoms with Gasteiger partial charge in [0.25, 0.3) is 0 Å². The number of nitrogens with zero attached hydrogens (tertiary/aromatic N) is 2. The van der Waals surface area contributed by atoms with E-state index in [4.69, 9.17) is 14.5 Å². The number of ether oxygens (including phenoxy) is 2. The highest BCUT2D eigenvalue weighted by molar-refractivity contribution is 5.75. The van der Waals surface area contributed by atoms with Crippen molar-refractivity contribution >= 4 is 11.0 Å². The maximum atomic E-state index is 5.97. The number of hydrogen-bond acceptors (Lipinski definition) is 4. The quantitative estimate of drug-likeness (QED) is 0.784. The maximum absolute atomic E-state index is 5.97. The molecule has 124 valence electrons. The first kappa shape index (κ1) is 15.0. The Labute approximate surface area is 141 Å². The van der Waals surface area contributed by atoms with Gasteiger partial charge in [-0.1, -0.05) is 24.3 Å². The summed E-state index contributed by atoms with van der Waals surface area (Å²) >= 11 is 0.